The minimum absolute atomic E-state index is 0. The number of aromatic nitrogens is 2. The normalized spacial score (nSPS) is 13.5. The molecule has 0 fully saturated rings. The number of hydrogen-bond donors (Lipinski definition) is 2. The standard InChI is InChI=1S/C23H15N2.C11H24O2.Ir/c1-15-7-6-8-16(13-15)21-14-24-22-19-11-4-2-9-17(19)18-10-3-5-12-20(18)23(22)25-21;1-10(2,3)8(12)7-9(13)11(4,5)6;/h2-10,12-14H,1H3;8-9,12-13H,7H2,1-6H3;/q-1;;. The molecule has 1 aromatic heterocycles. The second-order valence-corrected chi connectivity index (χ2v) is 12.3. The summed E-state index contributed by atoms with van der Waals surface area (Å²) in [6.45, 7) is 14.0. The van der Waals surface area contributed by atoms with Crippen LogP contribution in [0.15, 0.2) is 72.9 Å². The van der Waals surface area contributed by atoms with Gasteiger partial charge < -0.3 is 15.2 Å². The van der Waals surface area contributed by atoms with Crippen molar-refractivity contribution in [1.82, 2.24) is 9.97 Å². The minimum Gasteiger partial charge on any atom is -0.392 e. The van der Waals surface area contributed by atoms with E-state index in [4.69, 9.17) is 9.97 Å². The van der Waals surface area contributed by atoms with E-state index >= 15 is 0 Å². The second kappa shape index (κ2) is 12.2. The van der Waals surface area contributed by atoms with Crippen molar-refractivity contribution in [3.63, 3.8) is 0 Å². The van der Waals surface area contributed by atoms with Gasteiger partial charge in [-0.25, -0.2) is 0 Å². The fourth-order valence-electron chi connectivity index (χ4n) is 4.40. The summed E-state index contributed by atoms with van der Waals surface area (Å²) in [7, 11) is 0. The number of aliphatic hydroxyl groups excluding tert-OH is 2. The Hall–Kier alpha value is -2.69. The van der Waals surface area contributed by atoms with E-state index in [1.54, 1.807) is 0 Å². The molecule has 207 valence electrons. The summed E-state index contributed by atoms with van der Waals surface area (Å²) in [4.78, 5) is 9.75. The number of nitrogens with zero attached hydrogens (tertiary/aromatic N) is 2. The van der Waals surface area contributed by atoms with E-state index in [9.17, 15) is 10.2 Å². The molecule has 0 aliphatic carbocycles. The largest absolute Gasteiger partial charge is 0.392 e. The smallest absolute Gasteiger partial charge is 0.0873 e. The van der Waals surface area contributed by atoms with Gasteiger partial charge in [-0.3, -0.25) is 4.98 Å². The van der Waals surface area contributed by atoms with Crippen LogP contribution >= 0.6 is 0 Å². The average Bonchev–Trinajstić information content (AvgIpc) is 2.88. The van der Waals surface area contributed by atoms with Crippen molar-refractivity contribution in [1.29, 1.82) is 0 Å². The first-order valence-corrected chi connectivity index (χ1v) is 13.3. The van der Waals surface area contributed by atoms with Crippen LogP contribution in [-0.4, -0.2) is 32.4 Å². The summed E-state index contributed by atoms with van der Waals surface area (Å²) in [5.41, 5.74) is 4.76. The molecular weight excluding hydrogens is 661 g/mol. The predicted octanol–water partition coefficient (Wildman–Crippen LogP) is 7.90. The molecule has 0 bridgehead atoms. The maximum Gasteiger partial charge on any atom is 0.0873 e. The minimum atomic E-state index is -0.443. The van der Waals surface area contributed by atoms with Gasteiger partial charge in [0, 0.05) is 43.8 Å². The van der Waals surface area contributed by atoms with Gasteiger partial charge in [0.15, 0.2) is 0 Å². The first-order valence-electron chi connectivity index (χ1n) is 13.3. The van der Waals surface area contributed by atoms with Crippen LogP contribution in [0.2, 0.25) is 0 Å². The molecule has 0 saturated carbocycles. The Morgan fingerprint density at radius 3 is 2.00 bits per heavy atom. The number of benzene rings is 4. The fraction of sp³-hybridized carbons (Fsp3) is 0.353. The third-order valence-corrected chi connectivity index (χ3v) is 7.10. The molecule has 5 aromatic rings. The first kappa shape index (κ1) is 30.8. The number of aliphatic hydroxyl groups is 2. The van der Waals surface area contributed by atoms with Crippen LogP contribution in [0.3, 0.4) is 0 Å². The van der Waals surface area contributed by atoms with Crippen LogP contribution < -0.4 is 0 Å². The van der Waals surface area contributed by atoms with Gasteiger partial charge in [-0.15, -0.1) is 29.7 Å². The van der Waals surface area contributed by atoms with Crippen LogP contribution in [0.25, 0.3) is 43.8 Å². The van der Waals surface area contributed by atoms with Crippen molar-refractivity contribution < 1.29 is 30.3 Å². The summed E-state index contributed by atoms with van der Waals surface area (Å²) in [5, 5.41) is 24.0. The van der Waals surface area contributed by atoms with Crippen LogP contribution in [-0.2, 0) is 20.1 Å². The van der Waals surface area contributed by atoms with Gasteiger partial charge in [-0.2, -0.15) is 0 Å². The SMILES string of the molecule is CC(C)(C)C(O)CC(O)C(C)(C)C.Cc1cccc(-c2cnc3c4[c-]cccc4c4ccccc4c3n2)c1.[Ir]. The Kier molecular flexibility index (Phi) is 9.67. The molecule has 4 nitrogen and oxygen atoms in total. The number of fused-ring (bicyclic) bond motifs is 6. The van der Waals surface area contributed by atoms with Crippen LogP contribution in [0, 0.1) is 23.8 Å². The van der Waals surface area contributed by atoms with Crippen molar-refractivity contribution in [2.24, 2.45) is 10.8 Å². The second-order valence-electron chi connectivity index (χ2n) is 12.3. The molecule has 2 atom stereocenters. The topological polar surface area (TPSA) is 66.2 Å². The fourth-order valence-corrected chi connectivity index (χ4v) is 4.40. The molecule has 5 heteroatoms. The third kappa shape index (κ3) is 7.09. The molecule has 5 rings (SSSR count). The van der Waals surface area contributed by atoms with E-state index in [2.05, 4.69) is 67.6 Å². The van der Waals surface area contributed by atoms with Gasteiger partial charge >= 0.3 is 0 Å². The quantitative estimate of drug-likeness (QED) is 0.149. The van der Waals surface area contributed by atoms with Gasteiger partial charge in [-0.05, 0) is 29.2 Å². The Balaban J connectivity index is 0.000000260. The van der Waals surface area contributed by atoms with E-state index < -0.39 is 12.2 Å². The molecule has 1 heterocycles. The molecule has 4 aromatic carbocycles. The van der Waals surface area contributed by atoms with Crippen molar-refractivity contribution in [2.75, 3.05) is 0 Å². The molecule has 0 amide bonds. The van der Waals surface area contributed by atoms with Crippen molar-refractivity contribution >= 4 is 32.6 Å². The van der Waals surface area contributed by atoms with E-state index in [-0.39, 0.29) is 30.9 Å². The molecule has 0 aliphatic heterocycles. The third-order valence-electron chi connectivity index (χ3n) is 7.10. The molecule has 39 heavy (non-hydrogen) atoms. The zero-order valence-corrected chi connectivity index (χ0v) is 26.3. The van der Waals surface area contributed by atoms with Gasteiger partial charge in [0.05, 0.1) is 23.4 Å². The molecule has 0 saturated heterocycles. The molecule has 0 spiro atoms. The van der Waals surface area contributed by atoms with Crippen molar-refractivity contribution in [3.8, 4) is 11.3 Å². The molecular formula is C34H39IrN2O2-. The Morgan fingerprint density at radius 1 is 0.769 bits per heavy atom. The average molecular weight is 700 g/mol. The molecule has 2 N–H and O–H groups in total. The Bertz CT molecular complexity index is 1510. The van der Waals surface area contributed by atoms with Crippen molar-refractivity contribution in [3.05, 3.63) is 84.6 Å². The van der Waals surface area contributed by atoms with E-state index in [1.165, 1.54) is 16.3 Å². The van der Waals surface area contributed by atoms with Gasteiger partial charge in [-0.1, -0.05) is 100 Å². The number of aryl methyl sites for hydroxylation is 1. The number of rotatable bonds is 3. The van der Waals surface area contributed by atoms with E-state index in [1.807, 2.05) is 59.9 Å². The summed E-state index contributed by atoms with van der Waals surface area (Å²) in [6, 6.07) is 26.2. The zero-order valence-electron chi connectivity index (χ0n) is 23.9. The summed E-state index contributed by atoms with van der Waals surface area (Å²) in [5.74, 6) is 0. The predicted molar refractivity (Wildman–Crippen MR) is 159 cm³/mol. The number of hydrogen-bond acceptors (Lipinski definition) is 4. The molecule has 0 aliphatic rings. The van der Waals surface area contributed by atoms with E-state index in [0.29, 0.717) is 6.42 Å². The summed E-state index contributed by atoms with van der Waals surface area (Å²) >= 11 is 0. The van der Waals surface area contributed by atoms with Crippen molar-refractivity contribution in [2.45, 2.75) is 67.1 Å². The van der Waals surface area contributed by atoms with Gasteiger partial charge in [0.1, 0.15) is 0 Å². The van der Waals surface area contributed by atoms with Crippen LogP contribution in [0.5, 0.6) is 0 Å². The monoisotopic (exact) mass is 700 g/mol. The zero-order chi connectivity index (χ0) is 27.7. The van der Waals surface area contributed by atoms with Gasteiger partial charge in [0.2, 0.25) is 0 Å². The Morgan fingerprint density at radius 2 is 1.38 bits per heavy atom. The Labute approximate surface area is 245 Å². The molecule has 1 radical (unpaired) electrons. The maximum atomic E-state index is 9.76. The van der Waals surface area contributed by atoms with Crippen LogP contribution in [0.1, 0.15) is 53.5 Å². The maximum absolute atomic E-state index is 9.76. The van der Waals surface area contributed by atoms with E-state index in [0.717, 1.165) is 33.1 Å². The first-order chi connectivity index (χ1) is 17.9. The summed E-state index contributed by atoms with van der Waals surface area (Å²) < 4.78 is 0. The van der Waals surface area contributed by atoms with Gasteiger partial charge in [0.25, 0.3) is 0 Å². The summed E-state index contributed by atoms with van der Waals surface area (Å²) in [6.07, 6.45) is 1.43. The van der Waals surface area contributed by atoms with Crippen LogP contribution in [0.4, 0.5) is 0 Å². The molecule has 2 unspecified atom stereocenters.